The second-order valence-electron chi connectivity index (χ2n) is 5.99. The zero-order valence-corrected chi connectivity index (χ0v) is 15.9. The molecule has 0 radical (unpaired) electrons. The Balaban J connectivity index is 1.46. The van der Waals surface area contributed by atoms with Gasteiger partial charge in [0.2, 0.25) is 0 Å². The van der Waals surface area contributed by atoms with Crippen molar-refractivity contribution in [2.45, 2.75) is 10.9 Å². The van der Waals surface area contributed by atoms with Gasteiger partial charge in [-0.3, -0.25) is 9.20 Å². The largest absolute Gasteiger partial charge is 0.497 e. The Kier molecular flexibility index (Phi) is 3.87. The molecule has 6 nitrogen and oxygen atoms in total. The summed E-state index contributed by atoms with van der Waals surface area (Å²) in [5.74, 6) is 1.35. The van der Waals surface area contributed by atoms with Gasteiger partial charge in [-0.05, 0) is 24.3 Å². The van der Waals surface area contributed by atoms with E-state index in [1.54, 1.807) is 17.6 Å². The standard InChI is InChI=1S/C19H14N4O2S2/c1-25-12-6-7-13-14(9-12)22-18(21-13)26-10-11-8-17(24)23-15-4-2-3-5-16(15)27-19(23)20-11/h2-9H,10H2,1H3,(H,21,22). The predicted octanol–water partition coefficient (Wildman–Crippen LogP) is 4.09. The van der Waals surface area contributed by atoms with Crippen LogP contribution in [0.5, 0.6) is 5.75 Å². The van der Waals surface area contributed by atoms with Crippen molar-refractivity contribution in [2.24, 2.45) is 0 Å². The highest BCUT2D eigenvalue weighted by atomic mass is 32.2. The molecule has 0 bridgehead atoms. The van der Waals surface area contributed by atoms with Crippen molar-refractivity contribution < 1.29 is 4.74 Å². The van der Waals surface area contributed by atoms with Gasteiger partial charge in [0, 0.05) is 17.9 Å². The molecule has 0 unspecified atom stereocenters. The third-order valence-corrected chi connectivity index (χ3v) is 6.20. The van der Waals surface area contributed by atoms with Crippen LogP contribution in [-0.2, 0) is 5.75 Å². The molecule has 0 aliphatic heterocycles. The van der Waals surface area contributed by atoms with Crippen LogP contribution in [-0.4, -0.2) is 26.5 Å². The quantitative estimate of drug-likeness (QED) is 0.465. The third kappa shape index (κ3) is 2.87. The normalized spacial score (nSPS) is 11.6. The van der Waals surface area contributed by atoms with E-state index in [0.717, 1.165) is 37.8 Å². The maximum Gasteiger partial charge on any atom is 0.259 e. The summed E-state index contributed by atoms with van der Waals surface area (Å²) < 4.78 is 7.96. The van der Waals surface area contributed by atoms with Gasteiger partial charge < -0.3 is 9.72 Å². The van der Waals surface area contributed by atoms with Crippen molar-refractivity contribution in [2.75, 3.05) is 7.11 Å². The number of thiazole rings is 1. The van der Waals surface area contributed by atoms with Gasteiger partial charge in [0.25, 0.3) is 5.56 Å². The highest BCUT2D eigenvalue weighted by Gasteiger charge is 2.11. The highest BCUT2D eigenvalue weighted by molar-refractivity contribution is 7.98. The predicted molar refractivity (Wildman–Crippen MR) is 109 cm³/mol. The van der Waals surface area contributed by atoms with Crippen LogP contribution in [0.1, 0.15) is 5.69 Å². The number of methoxy groups -OCH3 is 1. The Labute approximate surface area is 161 Å². The van der Waals surface area contributed by atoms with Gasteiger partial charge in [0.05, 0.1) is 34.1 Å². The van der Waals surface area contributed by atoms with E-state index in [-0.39, 0.29) is 5.56 Å². The van der Waals surface area contributed by atoms with E-state index in [2.05, 4.69) is 15.0 Å². The summed E-state index contributed by atoms with van der Waals surface area (Å²) in [7, 11) is 1.64. The lowest BCUT2D eigenvalue weighted by molar-refractivity contribution is 0.415. The first-order valence-corrected chi connectivity index (χ1v) is 10.1. The fraction of sp³-hybridized carbons (Fsp3) is 0.105. The van der Waals surface area contributed by atoms with E-state index in [1.165, 1.54) is 23.1 Å². The smallest absolute Gasteiger partial charge is 0.259 e. The van der Waals surface area contributed by atoms with Crippen LogP contribution >= 0.6 is 23.1 Å². The summed E-state index contributed by atoms with van der Waals surface area (Å²) >= 11 is 3.05. The Hall–Kier alpha value is -2.84. The van der Waals surface area contributed by atoms with Crippen molar-refractivity contribution in [3.05, 3.63) is 64.6 Å². The molecule has 0 atom stereocenters. The van der Waals surface area contributed by atoms with Gasteiger partial charge in [0.1, 0.15) is 5.75 Å². The van der Waals surface area contributed by atoms with Gasteiger partial charge >= 0.3 is 0 Å². The first-order chi connectivity index (χ1) is 13.2. The maximum absolute atomic E-state index is 12.6. The van der Waals surface area contributed by atoms with Gasteiger partial charge in [-0.15, -0.1) is 0 Å². The van der Waals surface area contributed by atoms with E-state index in [4.69, 9.17) is 4.74 Å². The molecule has 0 fully saturated rings. The topological polar surface area (TPSA) is 72.3 Å². The number of ether oxygens (including phenoxy) is 1. The Morgan fingerprint density at radius 2 is 2.07 bits per heavy atom. The van der Waals surface area contributed by atoms with Crippen LogP contribution in [0.15, 0.2) is 58.5 Å². The number of imidazole rings is 1. The zero-order chi connectivity index (χ0) is 18.4. The van der Waals surface area contributed by atoms with Crippen molar-refractivity contribution in [3.63, 3.8) is 0 Å². The lowest BCUT2D eigenvalue weighted by Gasteiger charge is -2.00. The van der Waals surface area contributed by atoms with Crippen molar-refractivity contribution >= 4 is 49.3 Å². The van der Waals surface area contributed by atoms with Crippen LogP contribution in [0.2, 0.25) is 0 Å². The first kappa shape index (κ1) is 16.3. The number of aromatic amines is 1. The van der Waals surface area contributed by atoms with Crippen LogP contribution < -0.4 is 10.3 Å². The summed E-state index contributed by atoms with van der Waals surface area (Å²) in [5.41, 5.74) is 3.40. The average Bonchev–Trinajstić information content (AvgIpc) is 3.26. The molecule has 0 spiro atoms. The monoisotopic (exact) mass is 394 g/mol. The molecule has 0 aliphatic rings. The van der Waals surface area contributed by atoms with E-state index < -0.39 is 0 Å². The number of benzene rings is 2. The summed E-state index contributed by atoms with van der Waals surface area (Å²) in [5, 5.41) is 0.789. The van der Waals surface area contributed by atoms with Crippen LogP contribution in [0, 0.1) is 0 Å². The van der Waals surface area contributed by atoms with Crippen LogP contribution in [0.4, 0.5) is 0 Å². The number of rotatable bonds is 4. The first-order valence-electron chi connectivity index (χ1n) is 8.28. The Bertz CT molecular complexity index is 1350. The summed E-state index contributed by atoms with van der Waals surface area (Å²) in [4.78, 5) is 25.8. The van der Waals surface area contributed by atoms with E-state index in [0.29, 0.717) is 10.7 Å². The van der Waals surface area contributed by atoms with Gasteiger partial charge in [-0.1, -0.05) is 35.2 Å². The van der Waals surface area contributed by atoms with Crippen LogP contribution in [0.25, 0.3) is 26.2 Å². The molecule has 2 aromatic carbocycles. The number of aromatic nitrogens is 4. The van der Waals surface area contributed by atoms with Crippen molar-refractivity contribution in [3.8, 4) is 5.75 Å². The Morgan fingerprint density at radius 3 is 2.96 bits per heavy atom. The minimum atomic E-state index is -0.0533. The Morgan fingerprint density at radius 1 is 1.19 bits per heavy atom. The number of nitrogens with one attached hydrogen (secondary N) is 1. The average molecular weight is 394 g/mol. The zero-order valence-electron chi connectivity index (χ0n) is 14.3. The number of hydrogen-bond acceptors (Lipinski definition) is 6. The molecule has 3 heterocycles. The molecule has 27 heavy (non-hydrogen) atoms. The minimum Gasteiger partial charge on any atom is -0.497 e. The van der Waals surface area contributed by atoms with Gasteiger partial charge in [-0.25, -0.2) is 9.97 Å². The second-order valence-corrected chi connectivity index (χ2v) is 7.96. The van der Waals surface area contributed by atoms with E-state index in [1.807, 2.05) is 42.5 Å². The fourth-order valence-electron chi connectivity index (χ4n) is 3.00. The molecule has 0 aliphatic carbocycles. The molecule has 5 rings (SSSR count). The maximum atomic E-state index is 12.6. The summed E-state index contributed by atoms with van der Waals surface area (Å²) in [6.07, 6.45) is 0. The van der Waals surface area contributed by atoms with Gasteiger partial charge in [-0.2, -0.15) is 0 Å². The molecule has 5 aromatic rings. The minimum absolute atomic E-state index is 0.0533. The number of nitrogens with zero attached hydrogens (tertiary/aromatic N) is 3. The SMILES string of the molecule is COc1ccc2nc(SCc3cc(=O)n4c(n3)sc3ccccc34)[nH]c2c1. The number of thioether (sulfide) groups is 1. The van der Waals surface area contributed by atoms with Gasteiger partial charge in [0.15, 0.2) is 10.1 Å². The molecular formula is C19H14N4O2S2. The summed E-state index contributed by atoms with van der Waals surface area (Å²) in [6, 6.07) is 15.2. The molecule has 1 N–H and O–H groups in total. The molecule has 0 saturated heterocycles. The summed E-state index contributed by atoms with van der Waals surface area (Å²) in [6.45, 7) is 0. The van der Waals surface area contributed by atoms with Crippen LogP contribution in [0.3, 0.4) is 0 Å². The lowest BCUT2D eigenvalue weighted by Crippen LogP contribution is -2.13. The number of hydrogen-bond donors (Lipinski definition) is 1. The molecule has 0 amide bonds. The van der Waals surface area contributed by atoms with Crippen molar-refractivity contribution in [1.29, 1.82) is 0 Å². The highest BCUT2D eigenvalue weighted by Crippen LogP contribution is 2.27. The molecule has 8 heteroatoms. The molecular weight excluding hydrogens is 380 g/mol. The number of H-pyrrole nitrogens is 1. The van der Waals surface area contributed by atoms with E-state index in [9.17, 15) is 4.79 Å². The molecule has 134 valence electrons. The lowest BCUT2D eigenvalue weighted by atomic mass is 10.3. The number of fused-ring (bicyclic) bond motifs is 4. The molecule has 3 aromatic heterocycles. The van der Waals surface area contributed by atoms with Crippen molar-refractivity contribution in [1.82, 2.24) is 19.4 Å². The van der Waals surface area contributed by atoms with E-state index >= 15 is 0 Å². The fourth-order valence-corrected chi connectivity index (χ4v) is 4.83. The second kappa shape index (κ2) is 6.40. The third-order valence-electron chi connectivity index (χ3n) is 4.27. The number of para-hydroxylation sites is 1. The molecule has 0 saturated carbocycles.